The van der Waals surface area contributed by atoms with Gasteiger partial charge in [-0.3, -0.25) is 4.79 Å². The average molecular weight is 283 g/mol. The Morgan fingerprint density at radius 3 is 2.67 bits per heavy atom. The first-order chi connectivity index (χ1) is 10.1. The highest BCUT2D eigenvalue weighted by molar-refractivity contribution is 5.61. The van der Waals surface area contributed by atoms with E-state index in [0.717, 1.165) is 11.1 Å². The number of hydrogen-bond donors (Lipinski definition) is 0. The summed E-state index contributed by atoms with van der Waals surface area (Å²) in [7, 11) is 1.56. The molecular formula is C16H17N3O2. The number of ether oxygens (including phenoxy) is 1. The third-order valence-electron chi connectivity index (χ3n) is 3.40. The van der Waals surface area contributed by atoms with Crippen LogP contribution in [0, 0.1) is 25.2 Å². The van der Waals surface area contributed by atoms with Crippen molar-refractivity contribution in [3.8, 4) is 17.3 Å². The molecule has 1 aromatic carbocycles. The van der Waals surface area contributed by atoms with Gasteiger partial charge in [-0.25, -0.2) is 4.68 Å². The van der Waals surface area contributed by atoms with E-state index in [1.54, 1.807) is 7.11 Å². The summed E-state index contributed by atoms with van der Waals surface area (Å²) in [6.07, 6.45) is 0. The Morgan fingerprint density at radius 2 is 2.05 bits per heavy atom. The molecule has 0 aliphatic carbocycles. The molecule has 0 N–H and O–H groups in total. The van der Waals surface area contributed by atoms with Gasteiger partial charge in [0.2, 0.25) is 0 Å². The lowest BCUT2D eigenvalue weighted by molar-refractivity contribution is 0.182. The summed E-state index contributed by atoms with van der Waals surface area (Å²) in [6.45, 7) is 4.74. The van der Waals surface area contributed by atoms with E-state index in [1.807, 2.05) is 38.1 Å². The molecule has 2 aromatic rings. The van der Waals surface area contributed by atoms with E-state index in [0.29, 0.717) is 18.8 Å². The highest BCUT2D eigenvalue weighted by atomic mass is 16.5. The van der Waals surface area contributed by atoms with E-state index in [-0.39, 0.29) is 11.1 Å². The van der Waals surface area contributed by atoms with E-state index in [1.165, 1.54) is 16.3 Å². The molecule has 21 heavy (non-hydrogen) atoms. The molecule has 0 bridgehead atoms. The number of nitrogens with zero attached hydrogens (tertiary/aromatic N) is 3. The molecule has 0 fully saturated rings. The Balaban J connectivity index is 2.55. The van der Waals surface area contributed by atoms with Gasteiger partial charge in [0.15, 0.2) is 0 Å². The number of methoxy groups -OCH3 is 1. The minimum absolute atomic E-state index is 0.0920. The maximum Gasteiger partial charge on any atom is 0.284 e. The third kappa shape index (κ3) is 3.18. The Kier molecular flexibility index (Phi) is 4.51. The summed E-state index contributed by atoms with van der Waals surface area (Å²) in [5.74, 6) is 0. The van der Waals surface area contributed by atoms with Crippen molar-refractivity contribution in [3.05, 3.63) is 51.3 Å². The molecule has 1 heterocycles. The predicted molar refractivity (Wildman–Crippen MR) is 80.0 cm³/mol. The maximum absolute atomic E-state index is 12.0. The quantitative estimate of drug-likeness (QED) is 0.861. The second-order valence-corrected chi connectivity index (χ2v) is 4.88. The zero-order valence-corrected chi connectivity index (χ0v) is 12.4. The molecule has 0 atom stereocenters. The lowest BCUT2D eigenvalue weighted by Crippen LogP contribution is -2.27. The smallest absolute Gasteiger partial charge is 0.284 e. The van der Waals surface area contributed by atoms with Crippen LogP contribution in [0.5, 0.6) is 0 Å². The van der Waals surface area contributed by atoms with Gasteiger partial charge in [0.1, 0.15) is 11.6 Å². The Hall–Kier alpha value is -2.45. The number of rotatable bonds is 4. The average Bonchev–Trinajstić information content (AvgIpc) is 2.49. The van der Waals surface area contributed by atoms with Gasteiger partial charge in [-0.05, 0) is 37.1 Å². The first kappa shape index (κ1) is 14.9. The fraction of sp³-hybridized carbons (Fsp3) is 0.312. The summed E-state index contributed by atoms with van der Waals surface area (Å²) in [5.41, 5.74) is 3.54. The zero-order chi connectivity index (χ0) is 15.4. The standard InChI is InChI=1S/C16H17N3O2/c1-11-4-5-13(8-12(11)2)15-9-14(10-17)16(20)19(18-15)6-7-21-3/h4-5,8-9H,6-7H2,1-3H3. The van der Waals surface area contributed by atoms with Crippen LogP contribution in [-0.2, 0) is 11.3 Å². The van der Waals surface area contributed by atoms with Crippen LogP contribution in [0.4, 0.5) is 0 Å². The normalized spacial score (nSPS) is 10.4. The molecule has 0 radical (unpaired) electrons. The van der Waals surface area contributed by atoms with E-state index in [2.05, 4.69) is 5.10 Å². The van der Waals surface area contributed by atoms with Gasteiger partial charge in [0.25, 0.3) is 5.56 Å². The fourth-order valence-electron chi connectivity index (χ4n) is 1.99. The maximum atomic E-state index is 12.0. The number of hydrogen-bond acceptors (Lipinski definition) is 4. The molecule has 0 unspecified atom stereocenters. The van der Waals surface area contributed by atoms with Crippen molar-refractivity contribution in [2.24, 2.45) is 0 Å². The molecule has 108 valence electrons. The molecule has 0 saturated heterocycles. The predicted octanol–water partition coefficient (Wildman–Crippen LogP) is 2.05. The van der Waals surface area contributed by atoms with Crippen LogP contribution in [0.3, 0.4) is 0 Å². The summed E-state index contributed by atoms with van der Waals surface area (Å²) in [5, 5.41) is 13.4. The molecule has 0 saturated carbocycles. The number of benzene rings is 1. The highest BCUT2D eigenvalue weighted by Gasteiger charge is 2.10. The first-order valence-corrected chi connectivity index (χ1v) is 6.65. The summed E-state index contributed by atoms with van der Waals surface area (Å²) in [4.78, 5) is 12.0. The number of nitriles is 1. The van der Waals surface area contributed by atoms with Gasteiger partial charge < -0.3 is 4.74 Å². The van der Waals surface area contributed by atoms with Crippen molar-refractivity contribution in [1.82, 2.24) is 9.78 Å². The fourth-order valence-corrected chi connectivity index (χ4v) is 1.99. The molecule has 0 aliphatic heterocycles. The van der Waals surface area contributed by atoms with Crippen molar-refractivity contribution < 1.29 is 4.74 Å². The second-order valence-electron chi connectivity index (χ2n) is 4.88. The SMILES string of the molecule is COCCn1nc(-c2ccc(C)c(C)c2)cc(C#N)c1=O. The topological polar surface area (TPSA) is 67.9 Å². The van der Waals surface area contributed by atoms with Crippen molar-refractivity contribution in [3.63, 3.8) is 0 Å². The molecule has 1 aromatic heterocycles. The van der Waals surface area contributed by atoms with Gasteiger partial charge in [-0.1, -0.05) is 12.1 Å². The van der Waals surface area contributed by atoms with E-state index in [9.17, 15) is 4.79 Å². The van der Waals surface area contributed by atoms with Gasteiger partial charge in [0.05, 0.1) is 18.8 Å². The van der Waals surface area contributed by atoms with E-state index < -0.39 is 0 Å². The van der Waals surface area contributed by atoms with Crippen LogP contribution in [0.15, 0.2) is 29.1 Å². The Bertz CT molecular complexity index is 757. The van der Waals surface area contributed by atoms with Gasteiger partial charge in [0, 0.05) is 12.7 Å². The number of aromatic nitrogens is 2. The van der Waals surface area contributed by atoms with Crippen molar-refractivity contribution in [2.45, 2.75) is 20.4 Å². The van der Waals surface area contributed by atoms with Crippen LogP contribution in [0.2, 0.25) is 0 Å². The van der Waals surface area contributed by atoms with E-state index >= 15 is 0 Å². The summed E-state index contributed by atoms with van der Waals surface area (Å²) < 4.78 is 6.26. The van der Waals surface area contributed by atoms with Crippen LogP contribution >= 0.6 is 0 Å². The van der Waals surface area contributed by atoms with Gasteiger partial charge in [-0.2, -0.15) is 10.4 Å². The summed E-state index contributed by atoms with van der Waals surface area (Å²) >= 11 is 0. The lowest BCUT2D eigenvalue weighted by Gasteiger charge is -2.09. The molecule has 0 aliphatic rings. The van der Waals surface area contributed by atoms with Crippen LogP contribution in [-0.4, -0.2) is 23.5 Å². The van der Waals surface area contributed by atoms with Gasteiger partial charge in [-0.15, -0.1) is 0 Å². The third-order valence-corrected chi connectivity index (χ3v) is 3.40. The molecule has 2 rings (SSSR count). The Morgan fingerprint density at radius 1 is 1.29 bits per heavy atom. The molecule has 0 amide bonds. The summed E-state index contributed by atoms with van der Waals surface area (Å²) in [6, 6.07) is 9.42. The monoisotopic (exact) mass is 283 g/mol. The van der Waals surface area contributed by atoms with E-state index in [4.69, 9.17) is 10.00 Å². The molecular weight excluding hydrogens is 266 g/mol. The van der Waals surface area contributed by atoms with Crippen molar-refractivity contribution >= 4 is 0 Å². The minimum atomic E-state index is -0.387. The van der Waals surface area contributed by atoms with Gasteiger partial charge >= 0.3 is 0 Å². The number of aryl methyl sites for hydroxylation is 2. The molecule has 5 heteroatoms. The second kappa shape index (κ2) is 6.33. The lowest BCUT2D eigenvalue weighted by atomic mass is 10.0. The molecule has 0 spiro atoms. The highest BCUT2D eigenvalue weighted by Crippen LogP contribution is 2.20. The van der Waals surface area contributed by atoms with Crippen molar-refractivity contribution in [1.29, 1.82) is 5.26 Å². The van der Waals surface area contributed by atoms with Crippen LogP contribution < -0.4 is 5.56 Å². The van der Waals surface area contributed by atoms with Crippen LogP contribution in [0.1, 0.15) is 16.7 Å². The largest absolute Gasteiger partial charge is 0.383 e. The van der Waals surface area contributed by atoms with Crippen molar-refractivity contribution in [2.75, 3.05) is 13.7 Å². The van der Waals surface area contributed by atoms with Crippen LogP contribution in [0.25, 0.3) is 11.3 Å². The Labute approximate surface area is 123 Å². The zero-order valence-electron chi connectivity index (χ0n) is 12.4. The first-order valence-electron chi connectivity index (χ1n) is 6.65. The molecule has 5 nitrogen and oxygen atoms in total. The minimum Gasteiger partial charge on any atom is -0.383 e.